The Balaban J connectivity index is 2.10. The summed E-state index contributed by atoms with van der Waals surface area (Å²) >= 11 is 0. The smallest absolute Gasteiger partial charge is 0.0791 e. The molecule has 0 radical (unpaired) electrons. The van der Waals surface area contributed by atoms with Crippen molar-refractivity contribution in [2.45, 2.75) is 31.9 Å². The predicted octanol–water partition coefficient (Wildman–Crippen LogP) is -0.0172. The maximum Gasteiger partial charge on any atom is 0.0791 e. The Bertz CT molecular complexity index is 187. The van der Waals surface area contributed by atoms with E-state index in [9.17, 15) is 5.11 Å². The topological polar surface area (TPSA) is 38.7 Å². The number of likely N-dealkylation sites (N-methyl/N-ethyl adjacent to an activating group) is 2. The second-order valence-corrected chi connectivity index (χ2v) is 5.00. The van der Waals surface area contributed by atoms with Gasteiger partial charge in [-0.1, -0.05) is 6.92 Å². The minimum atomic E-state index is -0.258. The molecular formula is C12H27N3O. The summed E-state index contributed by atoms with van der Waals surface area (Å²) in [7, 11) is 3.97. The summed E-state index contributed by atoms with van der Waals surface area (Å²) in [6.07, 6.45) is 2.36. The average Bonchev–Trinajstić information content (AvgIpc) is 2.64. The van der Waals surface area contributed by atoms with Gasteiger partial charge in [0, 0.05) is 25.7 Å². The van der Waals surface area contributed by atoms with Crippen LogP contribution >= 0.6 is 0 Å². The maximum atomic E-state index is 9.70. The Labute approximate surface area is 99.6 Å². The molecule has 16 heavy (non-hydrogen) atoms. The van der Waals surface area contributed by atoms with Crippen LogP contribution in [0.3, 0.4) is 0 Å². The van der Waals surface area contributed by atoms with Crippen molar-refractivity contribution >= 4 is 0 Å². The molecule has 1 heterocycles. The summed E-state index contributed by atoms with van der Waals surface area (Å²) in [6.45, 7) is 7.05. The summed E-state index contributed by atoms with van der Waals surface area (Å²) in [5, 5.41) is 13.1. The summed E-state index contributed by atoms with van der Waals surface area (Å²) in [5.74, 6) is 0. The molecule has 1 fully saturated rings. The van der Waals surface area contributed by atoms with Crippen molar-refractivity contribution in [3.63, 3.8) is 0 Å². The lowest BCUT2D eigenvalue weighted by molar-refractivity contribution is 0.132. The Morgan fingerprint density at radius 3 is 2.88 bits per heavy atom. The Hall–Kier alpha value is -0.160. The van der Waals surface area contributed by atoms with Crippen LogP contribution in [0.1, 0.15) is 19.8 Å². The number of likely N-dealkylation sites (tertiary alicyclic amines) is 1. The first-order valence-corrected chi connectivity index (χ1v) is 6.41. The third-order valence-corrected chi connectivity index (χ3v) is 3.24. The molecule has 1 rings (SSSR count). The molecule has 0 bridgehead atoms. The normalized spacial score (nSPS) is 24.2. The van der Waals surface area contributed by atoms with E-state index in [1.54, 1.807) is 0 Å². The molecule has 2 N–H and O–H groups in total. The zero-order valence-electron chi connectivity index (χ0n) is 10.9. The fourth-order valence-corrected chi connectivity index (χ4v) is 2.45. The number of hydrogen-bond acceptors (Lipinski definition) is 4. The van der Waals surface area contributed by atoms with Gasteiger partial charge in [-0.3, -0.25) is 4.90 Å². The van der Waals surface area contributed by atoms with Crippen LogP contribution in [0.4, 0.5) is 0 Å². The predicted molar refractivity (Wildman–Crippen MR) is 67.7 cm³/mol. The van der Waals surface area contributed by atoms with Gasteiger partial charge in [-0.05, 0) is 40.0 Å². The molecule has 1 aliphatic heterocycles. The molecule has 0 saturated carbocycles. The van der Waals surface area contributed by atoms with Gasteiger partial charge >= 0.3 is 0 Å². The molecule has 4 nitrogen and oxygen atoms in total. The van der Waals surface area contributed by atoms with E-state index in [0.29, 0.717) is 12.6 Å². The van der Waals surface area contributed by atoms with Gasteiger partial charge in [-0.2, -0.15) is 0 Å². The second-order valence-electron chi connectivity index (χ2n) is 5.00. The molecule has 0 spiro atoms. The Morgan fingerprint density at radius 1 is 1.50 bits per heavy atom. The van der Waals surface area contributed by atoms with Gasteiger partial charge < -0.3 is 15.3 Å². The number of hydrogen-bond donors (Lipinski definition) is 2. The van der Waals surface area contributed by atoms with E-state index in [4.69, 9.17) is 0 Å². The molecule has 1 aliphatic rings. The fourth-order valence-electron chi connectivity index (χ4n) is 2.45. The van der Waals surface area contributed by atoms with Gasteiger partial charge in [0.15, 0.2) is 0 Å². The third kappa shape index (κ3) is 4.78. The minimum absolute atomic E-state index is 0.258. The standard InChI is InChI=1S/C12H27N3O/c1-4-15-7-5-6-11(15)8-13-9-12(16)10-14(2)3/h11-13,16H,4-10H2,1-3H3. The van der Waals surface area contributed by atoms with E-state index in [2.05, 4.69) is 17.1 Å². The first kappa shape index (κ1) is 13.9. The monoisotopic (exact) mass is 229 g/mol. The van der Waals surface area contributed by atoms with E-state index < -0.39 is 0 Å². The minimum Gasteiger partial charge on any atom is -0.390 e. The van der Waals surface area contributed by atoms with Crippen molar-refractivity contribution in [1.82, 2.24) is 15.1 Å². The molecule has 4 heteroatoms. The highest BCUT2D eigenvalue weighted by atomic mass is 16.3. The summed E-state index contributed by atoms with van der Waals surface area (Å²) in [4.78, 5) is 4.53. The Kier molecular flexibility index (Phi) is 6.28. The average molecular weight is 229 g/mol. The van der Waals surface area contributed by atoms with E-state index in [1.807, 2.05) is 19.0 Å². The van der Waals surface area contributed by atoms with Crippen LogP contribution in [0.5, 0.6) is 0 Å². The summed E-state index contributed by atoms with van der Waals surface area (Å²) in [6, 6.07) is 0.677. The quantitative estimate of drug-likeness (QED) is 0.644. The lowest BCUT2D eigenvalue weighted by atomic mass is 10.2. The largest absolute Gasteiger partial charge is 0.390 e. The second kappa shape index (κ2) is 7.22. The number of aliphatic hydroxyl groups excluding tert-OH is 1. The molecule has 2 unspecified atom stereocenters. The van der Waals surface area contributed by atoms with Gasteiger partial charge in [0.25, 0.3) is 0 Å². The van der Waals surface area contributed by atoms with Crippen LogP contribution in [0, 0.1) is 0 Å². The van der Waals surface area contributed by atoms with Crippen LogP contribution in [0.15, 0.2) is 0 Å². The van der Waals surface area contributed by atoms with Gasteiger partial charge in [0.1, 0.15) is 0 Å². The maximum absolute atomic E-state index is 9.70. The van der Waals surface area contributed by atoms with Crippen LogP contribution < -0.4 is 5.32 Å². The van der Waals surface area contributed by atoms with Crippen LogP contribution in [-0.4, -0.2) is 73.9 Å². The molecular weight excluding hydrogens is 202 g/mol. The van der Waals surface area contributed by atoms with Crippen LogP contribution in [-0.2, 0) is 0 Å². The molecule has 96 valence electrons. The van der Waals surface area contributed by atoms with E-state index in [1.165, 1.54) is 19.4 Å². The van der Waals surface area contributed by atoms with Gasteiger partial charge in [-0.25, -0.2) is 0 Å². The highest BCUT2D eigenvalue weighted by molar-refractivity contribution is 4.80. The third-order valence-electron chi connectivity index (χ3n) is 3.24. The zero-order valence-corrected chi connectivity index (χ0v) is 10.9. The first-order valence-electron chi connectivity index (χ1n) is 6.41. The lowest BCUT2D eigenvalue weighted by Crippen LogP contribution is -2.42. The van der Waals surface area contributed by atoms with E-state index >= 15 is 0 Å². The number of nitrogens with zero attached hydrogens (tertiary/aromatic N) is 2. The molecule has 0 aliphatic carbocycles. The highest BCUT2D eigenvalue weighted by Gasteiger charge is 2.22. The Morgan fingerprint density at radius 2 is 2.25 bits per heavy atom. The highest BCUT2D eigenvalue weighted by Crippen LogP contribution is 2.15. The van der Waals surface area contributed by atoms with Gasteiger partial charge in [0.05, 0.1) is 6.10 Å². The number of aliphatic hydroxyl groups is 1. The summed E-state index contributed by atoms with van der Waals surface area (Å²) in [5.41, 5.74) is 0. The SMILES string of the molecule is CCN1CCCC1CNCC(O)CN(C)C. The van der Waals surface area contributed by atoms with Crippen LogP contribution in [0.2, 0.25) is 0 Å². The zero-order chi connectivity index (χ0) is 12.0. The van der Waals surface area contributed by atoms with Crippen molar-refractivity contribution in [1.29, 1.82) is 0 Å². The molecule has 0 aromatic carbocycles. The van der Waals surface area contributed by atoms with Crippen molar-refractivity contribution in [2.24, 2.45) is 0 Å². The molecule has 2 atom stereocenters. The molecule has 1 saturated heterocycles. The van der Waals surface area contributed by atoms with Gasteiger partial charge in [-0.15, -0.1) is 0 Å². The van der Waals surface area contributed by atoms with Crippen molar-refractivity contribution in [3.05, 3.63) is 0 Å². The summed E-state index contributed by atoms with van der Waals surface area (Å²) < 4.78 is 0. The van der Waals surface area contributed by atoms with Crippen molar-refractivity contribution < 1.29 is 5.11 Å². The fraction of sp³-hybridized carbons (Fsp3) is 1.00. The number of rotatable bonds is 7. The lowest BCUT2D eigenvalue weighted by Gasteiger charge is -2.24. The van der Waals surface area contributed by atoms with Crippen molar-refractivity contribution in [3.8, 4) is 0 Å². The molecule has 0 aromatic rings. The molecule has 0 amide bonds. The molecule has 0 aromatic heterocycles. The van der Waals surface area contributed by atoms with Crippen molar-refractivity contribution in [2.75, 3.05) is 46.8 Å². The van der Waals surface area contributed by atoms with Crippen LogP contribution in [0.25, 0.3) is 0 Å². The van der Waals surface area contributed by atoms with Gasteiger partial charge in [0.2, 0.25) is 0 Å². The van der Waals surface area contributed by atoms with E-state index in [0.717, 1.165) is 19.6 Å². The first-order chi connectivity index (χ1) is 7.63. The number of nitrogens with one attached hydrogen (secondary N) is 1. The van der Waals surface area contributed by atoms with E-state index in [-0.39, 0.29) is 6.10 Å².